The minimum atomic E-state index is -0.785. The van der Waals surface area contributed by atoms with Crippen molar-refractivity contribution in [2.75, 3.05) is 5.32 Å². The Balaban J connectivity index is 2.78. The Morgan fingerprint density at radius 1 is 1.47 bits per heavy atom. The lowest BCUT2D eigenvalue weighted by Gasteiger charge is -2.25. The molecule has 0 aliphatic carbocycles. The van der Waals surface area contributed by atoms with Crippen LogP contribution in [0.25, 0.3) is 0 Å². The molecule has 1 aromatic rings. The molecule has 0 unspecified atom stereocenters. The highest BCUT2D eigenvalue weighted by molar-refractivity contribution is 5.95. The van der Waals surface area contributed by atoms with Gasteiger partial charge in [-0.25, -0.2) is 4.39 Å². The fourth-order valence-corrected chi connectivity index (χ4v) is 1.20. The van der Waals surface area contributed by atoms with Gasteiger partial charge >= 0.3 is 0 Å². The van der Waals surface area contributed by atoms with E-state index in [4.69, 9.17) is 10.8 Å². The van der Waals surface area contributed by atoms with E-state index in [1.54, 1.807) is 0 Å². The van der Waals surface area contributed by atoms with Crippen LogP contribution < -0.4 is 11.1 Å². The molecular formula is C12H17FN2O2. The molecule has 1 atom stereocenters. The Labute approximate surface area is 99.6 Å². The Kier molecular flexibility index (Phi) is 3.72. The highest BCUT2D eigenvalue weighted by Crippen LogP contribution is 2.22. The molecule has 0 aliphatic rings. The molecule has 4 N–H and O–H groups in total. The molecule has 0 bridgehead atoms. The van der Waals surface area contributed by atoms with Crippen LogP contribution in [0.4, 0.5) is 10.1 Å². The van der Waals surface area contributed by atoms with Gasteiger partial charge in [-0.1, -0.05) is 20.8 Å². The molecule has 1 amide bonds. The topological polar surface area (TPSA) is 75.4 Å². The molecule has 0 heterocycles. The van der Waals surface area contributed by atoms with Crippen LogP contribution in [0.2, 0.25) is 0 Å². The minimum Gasteiger partial charge on any atom is -0.505 e. The number of hydrogen-bond acceptors (Lipinski definition) is 3. The van der Waals surface area contributed by atoms with Crippen LogP contribution >= 0.6 is 0 Å². The van der Waals surface area contributed by atoms with Crippen LogP contribution in [0.5, 0.6) is 5.75 Å². The maximum absolute atomic E-state index is 13.0. The number of hydrogen-bond donors (Lipinski definition) is 3. The van der Waals surface area contributed by atoms with Gasteiger partial charge in [-0.05, 0) is 17.5 Å². The van der Waals surface area contributed by atoms with Crippen molar-refractivity contribution in [2.45, 2.75) is 26.8 Å². The van der Waals surface area contributed by atoms with E-state index in [0.717, 1.165) is 6.07 Å². The van der Waals surface area contributed by atoms with E-state index >= 15 is 0 Å². The van der Waals surface area contributed by atoms with E-state index in [1.807, 2.05) is 20.8 Å². The summed E-state index contributed by atoms with van der Waals surface area (Å²) in [6.07, 6.45) is 0. The molecule has 1 rings (SSSR count). The third-order valence-corrected chi connectivity index (χ3v) is 2.43. The number of carbonyl (C=O) groups is 1. The molecule has 0 radical (unpaired) electrons. The molecule has 5 heteroatoms. The largest absolute Gasteiger partial charge is 0.505 e. The SMILES string of the molecule is CC(C)(C)[C@@H](N)C(=O)Nc1ccc(O)c(F)c1. The summed E-state index contributed by atoms with van der Waals surface area (Å²) < 4.78 is 13.0. The van der Waals surface area contributed by atoms with E-state index < -0.39 is 17.6 Å². The molecule has 0 saturated carbocycles. The first-order valence-electron chi connectivity index (χ1n) is 5.27. The van der Waals surface area contributed by atoms with Gasteiger partial charge in [0.25, 0.3) is 0 Å². The van der Waals surface area contributed by atoms with Crippen LogP contribution in [0.3, 0.4) is 0 Å². The lowest BCUT2D eigenvalue weighted by atomic mass is 9.87. The van der Waals surface area contributed by atoms with E-state index in [2.05, 4.69) is 5.32 Å². The molecule has 0 aliphatic heterocycles. The second-order valence-electron chi connectivity index (χ2n) is 5.00. The summed E-state index contributed by atoms with van der Waals surface area (Å²) in [5.74, 6) is -1.63. The number of nitrogens with one attached hydrogen (secondary N) is 1. The summed E-state index contributed by atoms with van der Waals surface area (Å²) in [5.41, 5.74) is 5.65. The molecular weight excluding hydrogens is 223 g/mol. The minimum absolute atomic E-state index is 0.269. The molecule has 0 fully saturated rings. The van der Waals surface area contributed by atoms with Gasteiger partial charge in [0.1, 0.15) is 0 Å². The Bertz CT molecular complexity index is 427. The van der Waals surface area contributed by atoms with Gasteiger partial charge in [-0.15, -0.1) is 0 Å². The molecule has 1 aromatic carbocycles. The van der Waals surface area contributed by atoms with Gasteiger partial charge in [0, 0.05) is 11.8 Å². The van der Waals surface area contributed by atoms with Gasteiger partial charge in [-0.2, -0.15) is 0 Å². The lowest BCUT2D eigenvalue weighted by molar-refractivity contribution is -0.119. The third-order valence-electron chi connectivity index (χ3n) is 2.43. The highest BCUT2D eigenvalue weighted by atomic mass is 19.1. The van der Waals surface area contributed by atoms with Crippen LogP contribution in [-0.2, 0) is 4.79 Å². The van der Waals surface area contributed by atoms with Crippen molar-refractivity contribution in [3.8, 4) is 5.75 Å². The van der Waals surface area contributed by atoms with Crippen molar-refractivity contribution < 1.29 is 14.3 Å². The van der Waals surface area contributed by atoms with E-state index in [0.29, 0.717) is 0 Å². The lowest BCUT2D eigenvalue weighted by Crippen LogP contribution is -2.45. The number of amides is 1. The number of phenolic OH excluding ortho intramolecular Hbond substituents is 1. The van der Waals surface area contributed by atoms with E-state index in [-0.39, 0.29) is 17.0 Å². The average Bonchev–Trinajstić information content (AvgIpc) is 2.21. The van der Waals surface area contributed by atoms with Gasteiger partial charge in [-0.3, -0.25) is 4.79 Å². The molecule has 0 spiro atoms. The van der Waals surface area contributed by atoms with Crippen molar-refractivity contribution >= 4 is 11.6 Å². The van der Waals surface area contributed by atoms with Crippen LogP contribution in [0.1, 0.15) is 20.8 Å². The predicted octanol–water partition coefficient (Wildman–Crippen LogP) is 1.84. The highest BCUT2D eigenvalue weighted by Gasteiger charge is 2.27. The number of aromatic hydroxyl groups is 1. The van der Waals surface area contributed by atoms with E-state index in [1.165, 1.54) is 12.1 Å². The van der Waals surface area contributed by atoms with Gasteiger partial charge in [0.05, 0.1) is 6.04 Å². The maximum Gasteiger partial charge on any atom is 0.241 e. The molecule has 4 nitrogen and oxygen atoms in total. The number of anilines is 1. The zero-order valence-electron chi connectivity index (χ0n) is 10.1. The Hall–Kier alpha value is -1.62. The summed E-state index contributed by atoms with van der Waals surface area (Å²) in [6, 6.07) is 2.93. The molecule has 94 valence electrons. The maximum atomic E-state index is 13.0. The van der Waals surface area contributed by atoms with Crippen molar-refractivity contribution in [3.05, 3.63) is 24.0 Å². The zero-order chi connectivity index (χ0) is 13.2. The number of carbonyl (C=O) groups excluding carboxylic acids is 1. The van der Waals surface area contributed by atoms with Gasteiger partial charge in [0.2, 0.25) is 5.91 Å². The van der Waals surface area contributed by atoms with Gasteiger partial charge < -0.3 is 16.2 Å². The molecule has 0 aromatic heterocycles. The quantitative estimate of drug-likeness (QED) is 0.690. The molecule has 0 saturated heterocycles. The molecule has 17 heavy (non-hydrogen) atoms. The zero-order valence-corrected chi connectivity index (χ0v) is 10.1. The summed E-state index contributed by atoms with van der Waals surface area (Å²) in [5, 5.41) is 11.5. The fraction of sp³-hybridized carbons (Fsp3) is 0.417. The summed E-state index contributed by atoms with van der Waals surface area (Å²) in [7, 11) is 0. The summed E-state index contributed by atoms with van der Waals surface area (Å²) in [6.45, 7) is 5.53. The van der Waals surface area contributed by atoms with Crippen molar-refractivity contribution in [3.63, 3.8) is 0 Å². The number of nitrogens with two attached hydrogens (primary N) is 1. The van der Waals surface area contributed by atoms with E-state index in [9.17, 15) is 9.18 Å². The number of phenols is 1. The average molecular weight is 240 g/mol. The van der Waals surface area contributed by atoms with Crippen LogP contribution in [0.15, 0.2) is 18.2 Å². The number of rotatable bonds is 2. The van der Waals surface area contributed by atoms with Crippen molar-refractivity contribution in [1.82, 2.24) is 0 Å². The second kappa shape index (κ2) is 4.71. The number of halogens is 1. The smallest absolute Gasteiger partial charge is 0.241 e. The predicted molar refractivity (Wildman–Crippen MR) is 64.1 cm³/mol. The van der Waals surface area contributed by atoms with Gasteiger partial charge in [0.15, 0.2) is 11.6 Å². The first-order valence-corrected chi connectivity index (χ1v) is 5.27. The summed E-state index contributed by atoms with van der Waals surface area (Å²) >= 11 is 0. The monoisotopic (exact) mass is 240 g/mol. The fourth-order valence-electron chi connectivity index (χ4n) is 1.20. The van der Waals surface area contributed by atoms with Crippen LogP contribution in [-0.4, -0.2) is 17.1 Å². The number of benzene rings is 1. The van der Waals surface area contributed by atoms with Crippen molar-refractivity contribution in [1.29, 1.82) is 0 Å². The Morgan fingerprint density at radius 2 is 2.06 bits per heavy atom. The first kappa shape index (κ1) is 13.4. The third kappa shape index (κ3) is 3.42. The standard InChI is InChI=1S/C12H17FN2O2/c1-12(2,3)10(14)11(17)15-7-4-5-9(16)8(13)6-7/h4-6,10,16H,14H2,1-3H3,(H,15,17)/t10-/m0/s1. The normalized spacial score (nSPS) is 13.2. The second-order valence-corrected chi connectivity index (χ2v) is 5.00. The Morgan fingerprint density at radius 3 is 2.53 bits per heavy atom. The van der Waals surface area contributed by atoms with Crippen molar-refractivity contribution in [2.24, 2.45) is 11.1 Å². The first-order chi connectivity index (χ1) is 7.71. The summed E-state index contributed by atoms with van der Waals surface area (Å²) in [4.78, 5) is 11.7. The van der Waals surface area contributed by atoms with Crippen LogP contribution in [0, 0.1) is 11.2 Å².